The molecule has 0 radical (unpaired) electrons. The highest BCUT2D eigenvalue weighted by Gasteiger charge is 2.12. The van der Waals surface area contributed by atoms with Crippen LogP contribution in [0.15, 0.2) is 24.7 Å². The molecular formula is C11H12N4O. The van der Waals surface area contributed by atoms with Crippen molar-refractivity contribution in [2.24, 2.45) is 0 Å². The predicted octanol–water partition coefficient (Wildman–Crippen LogP) is 1.44. The second-order valence-corrected chi connectivity index (χ2v) is 3.36. The summed E-state index contributed by atoms with van der Waals surface area (Å²) in [5, 5.41) is 0. The van der Waals surface area contributed by atoms with Gasteiger partial charge in [-0.3, -0.25) is 0 Å². The number of nitrogen functional groups attached to an aromatic ring is 1. The first kappa shape index (κ1) is 10.4. The van der Waals surface area contributed by atoms with Gasteiger partial charge >= 0.3 is 0 Å². The smallest absolute Gasteiger partial charge is 0.240 e. The van der Waals surface area contributed by atoms with Gasteiger partial charge in [0.25, 0.3) is 0 Å². The predicted molar refractivity (Wildman–Crippen MR) is 61.0 cm³/mol. The Hall–Kier alpha value is -2.17. The molecule has 82 valence electrons. The maximum absolute atomic E-state index is 5.81. The van der Waals surface area contributed by atoms with E-state index in [1.165, 1.54) is 0 Å². The molecule has 5 nitrogen and oxygen atoms in total. The van der Waals surface area contributed by atoms with Gasteiger partial charge in [-0.25, -0.2) is 15.0 Å². The molecule has 0 aliphatic rings. The van der Waals surface area contributed by atoms with Gasteiger partial charge in [0.2, 0.25) is 5.88 Å². The number of nitrogens with zero attached hydrogens (tertiary/aromatic N) is 3. The molecule has 2 N–H and O–H groups in total. The normalized spacial score (nSPS) is 10.1. The van der Waals surface area contributed by atoms with Crippen LogP contribution < -0.4 is 10.5 Å². The van der Waals surface area contributed by atoms with E-state index in [2.05, 4.69) is 15.0 Å². The fraction of sp³-hybridized carbons (Fsp3) is 0.182. The second kappa shape index (κ2) is 4.14. The summed E-state index contributed by atoms with van der Waals surface area (Å²) in [4.78, 5) is 12.4. The minimum absolute atomic E-state index is 0.421. The zero-order valence-corrected chi connectivity index (χ0v) is 9.14. The van der Waals surface area contributed by atoms with E-state index in [4.69, 9.17) is 10.5 Å². The quantitative estimate of drug-likeness (QED) is 0.822. The Morgan fingerprint density at radius 3 is 2.69 bits per heavy atom. The largest absolute Gasteiger partial charge is 0.479 e. The Bertz CT molecular complexity index is 513. The molecule has 0 spiro atoms. The van der Waals surface area contributed by atoms with Crippen molar-refractivity contribution in [1.82, 2.24) is 15.0 Å². The lowest BCUT2D eigenvalue weighted by Crippen LogP contribution is -1.99. The third-order valence-electron chi connectivity index (χ3n) is 2.17. The van der Waals surface area contributed by atoms with Gasteiger partial charge < -0.3 is 10.5 Å². The van der Waals surface area contributed by atoms with Gasteiger partial charge in [0.15, 0.2) is 0 Å². The summed E-state index contributed by atoms with van der Waals surface area (Å²) in [6.07, 6.45) is 4.88. The Balaban J connectivity index is 2.62. The highest BCUT2D eigenvalue weighted by Crippen LogP contribution is 2.29. The molecule has 0 aliphatic heterocycles. The molecule has 16 heavy (non-hydrogen) atoms. The number of anilines is 1. The average Bonchev–Trinajstić information content (AvgIpc) is 2.32. The Kier molecular flexibility index (Phi) is 2.68. The number of rotatable bonds is 2. The zero-order valence-electron chi connectivity index (χ0n) is 9.14. The molecule has 0 bridgehead atoms. The van der Waals surface area contributed by atoms with Crippen LogP contribution in [0.4, 0.5) is 5.82 Å². The minimum Gasteiger partial charge on any atom is -0.479 e. The number of ether oxygens (including phenoxy) is 1. The zero-order chi connectivity index (χ0) is 11.5. The van der Waals surface area contributed by atoms with Crippen LogP contribution in [0.5, 0.6) is 5.88 Å². The molecule has 2 heterocycles. The van der Waals surface area contributed by atoms with Gasteiger partial charge in [-0.2, -0.15) is 0 Å². The number of hydrogen-bond acceptors (Lipinski definition) is 5. The Morgan fingerprint density at radius 1 is 1.19 bits per heavy atom. The highest BCUT2D eigenvalue weighted by molar-refractivity contribution is 5.74. The van der Waals surface area contributed by atoms with Crippen molar-refractivity contribution in [3.8, 4) is 17.1 Å². The maximum atomic E-state index is 5.81. The van der Waals surface area contributed by atoms with E-state index in [1.54, 1.807) is 25.7 Å². The number of methoxy groups -OCH3 is 1. The van der Waals surface area contributed by atoms with E-state index in [9.17, 15) is 0 Å². The van der Waals surface area contributed by atoms with Crippen molar-refractivity contribution >= 4 is 5.82 Å². The Labute approximate surface area is 93.3 Å². The fourth-order valence-electron chi connectivity index (χ4n) is 1.43. The van der Waals surface area contributed by atoms with Gasteiger partial charge in [-0.1, -0.05) is 0 Å². The van der Waals surface area contributed by atoms with Crippen LogP contribution in [0.2, 0.25) is 0 Å². The van der Waals surface area contributed by atoms with Crippen molar-refractivity contribution in [3.63, 3.8) is 0 Å². The first-order valence-corrected chi connectivity index (χ1v) is 4.80. The van der Waals surface area contributed by atoms with Crippen molar-refractivity contribution in [1.29, 1.82) is 0 Å². The number of pyridine rings is 1. The molecule has 0 unspecified atom stereocenters. The SMILES string of the molecule is COc1nccnc1-c1cc(C)cnc1N. The molecule has 5 heteroatoms. The van der Waals surface area contributed by atoms with Crippen molar-refractivity contribution < 1.29 is 4.74 Å². The molecule has 0 saturated heterocycles. The third kappa shape index (κ3) is 1.79. The van der Waals surface area contributed by atoms with Crippen LogP contribution in [0.25, 0.3) is 11.3 Å². The van der Waals surface area contributed by atoms with Crippen LogP contribution >= 0.6 is 0 Å². The van der Waals surface area contributed by atoms with Crippen molar-refractivity contribution in [2.45, 2.75) is 6.92 Å². The van der Waals surface area contributed by atoms with E-state index in [0.29, 0.717) is 17.4 Å². The van der Waals surface area contributed by atoms with Gasteiger partial charge in [0.1, 0.15) is 11.5 Å². The molecule has 0 aromatic carbocycles. The van der Waals surface area contributed by atoms with E-state index in [0.717, 1.165) is 11.1 Å². The monoisotopic (exact) mass is 216 g/mol. The molecule has 0 atom stereocenters. The molecule has 0 fully saturated rings. The van der Waals surface area contributed by atoms with Gasteiger partial charge in [0.05, 0.1) is 7.11 Å². The summed E-state index contributed by atoms with van der Waals surface area (Å²) in [6, 6.07) is 1.91. The first-order chi connectivity index (χ1) is 7.72. The molecule has 2 aromatic rings. The average molecular weight is 216 g/mol. The first-order valence-electron chi connectivity index (χ1n) is 4.80. The number of hydrogen-bond donors (Lipinski definition) is 1. The van der Waals surface area contributed by atoms with E-state index in [1.807, 2.05) is 13.0 Å². The van der Waals surface area contributed by atoms with Crippen LogP contribution in [0, 0.1) is 6.92 Å². The summed E-state index contributed by atoms with van der Waals surface area (Å²) in [7, 11) is 1.55. The molecule has 0 amide bonds. The summed E-state index contributed by atoms with van der Waals surface area (Å²) < 4.78 is 5.14. The summed E-state index contributed by atoms with van der Waals surface area (Å²) >= 11 is 0. The lowest BCUT2D eigenvalue weighted by molar-refractivity contribution is 0.398. The Morgan fingerprint density at radius 2 is 1.94 bits per heavy atom. The topological polar surface area (TPSA) is 73.9 Å². The summed E-state index contributed by atoms with van der Waals surface area (Å²) in [5.41, 5.74) is 8.17. The molecule has 0 saturated carbocycles. The van der Waals surface area contributed by atoms with Crippen molar-refractivity contribution in [2.75, 3.05) is 12.8 Å². The van der Waals surface area contributed by atoms with Crippen LogP contribution in [-0.2, 0) is 0 Å². The molecule has 2 rings (SSSR count). The number of aromatic nitrogens is 3. The summed E-state index contributed by atoms with van der Waals surface area (Å²) in [5.74, 6) is 0.867. The standard InChI is InChI=1S/C11H12N4O/c1-7-5-8(10(12)15-6-7)9-11(16-2)14-4-3-13-9/h3-6H,1-2H3,(H2,12,15). The van der Waals surface area contributed by atoms with Crippen LogP contribution in [-0.4, -0.2) is 22.1 Å². The second-order valence-electron chi connectivity index (χ2n) is 3.36. The molecule has 0 aliphatic carbocycles. The lowest BCUT2D eigenvalue weighted by Gasteiger charge is -2.08. The highest BCUT2D eigenvalue weighted by atomic mass is 16.5. The molecular weight excluding hydrogens is 204 g/mol. The lowest BCUT2D eigenvalue weighted by atomic mass is 10.1. The minimum atomic E-state index is 0.421. The van der Waals surface area contributed by atoms with Gasteiger partial charge in [-0.15, -0.1) is 0 Å². The number of aryl methyl sites for hydroxylation is 1. The van der Waals surface area contributed by atoms with E-state index in [-0.39, 0.29) is 0 Å². The van der Waals surface area contributed by atoms with E-state index < -0.39 is 0 Å². The van der Waals surface area contributed by atoms with Crippen LogP contribution in [0.1, 0.15) is 5.56 Å². The fourth-order valence-corrected chi connectivity index (χ4v) is 1.43. The molecule has 2 aromatic heterocycles. The third-order valence-corrected chi connectivity index (χ3v) is 2.17. The van der Waals surface area contributed by atoms with E-state index >= 15 is 0 Å². The van der Waals surface area contributed by atoms with Gasteiger partial charge in [0, 0.05) is 24.2 Å². The van der Waals surface area contributed by atoms with Gasteiger partial charge in [-0.05, 0) is 18.6 Å². The maximum Gasteiger partial charge on any atom is 0.240 e. The number of nitrogens with two attached hydrogens (primary N) is 1. The van der Waals surface area contributed by atoms with Crippen LogP contribution in [0.3, 0.4) is 0 Å². The summed E-state index contributed by atoms with van der Waals surface area (Å²) in [6.45, 7) is 1.94. The van der Waals surface area contributed by atoms with Crippen molar-refractivity contribution in [3.05, 3.63) is 30.2 Å².